The molecule has 5 nitrogen and oxygen atoms in total. The van der Waals surface area contributed by atoms with Crippen molar-refractivity contribution < 1.29 is 4.74 Å². The van der Waals surface area contributed by atoms with E-state index in [2.05, 4.69) is 33.7 Å². The van der Waals surface area contributed by atoms with Crippen LogP contribution in [0.4, 0.5) is 11.8 Å². The molecule has 1 atom stereocenters. The van der Waals surface area contributed by atoms with Crippen LogP contribution >= 0.6 is 11.3 Å². The van der Waals surface area contributed by atoms with Gasteiger partial charge in [-0.25, -0.2) is 4.98 Å². The molecule has 3 rings (SSSR count). The maximum absolute atomic E-state index is 5.81. The summed E-state index contributed by atoms with van der Waals surface area (Å²) < 4.78 is 5.41. The van der Waals surface area contributed by atoms with Crippen molar-refractivity contribution in [2.45, 2.75) is 25.8 Å². The Balaban J connectivity index is 1.74. The van der Waals surface area contributed by atoms with Crippen LogP contribution in [-0.4, -0.2) is 23.2 Å². The average Bonchev–Trinajstić information content (AvgIpc) is 3.07. The Morgan fingerprint density at radius 1 is 1.50 bits per heavy atom. The van der Waals surface area contributed by atoms with E-state index in [-0.39, 0.29) is 0 Å². The van der Waals surface area contributed by atoms with E-state index in [0.29, 0.717) is 11.9 Å². The quantitative estimate of drug-likeness (QED) is 0.905. The zero-order valence-electron chi connectivity index (χ0n) is 11.4. The summed E-state index contributed by atoms with van der Waals surface area (Å²) in [5, 5.41) is 5.43. The van der Waals surface area contributed by atoms with Gasteiger partial charge in [0.25, 0.3) is 0 Å². The summed E-state index contributed by atoms with van der Waals surface area (Å²) in [7, 11) is 0. The molecule has 2 aromatic heterocycles. The standard InChI is InChI=1S/C14H18N4OS/c1-9-3-5-20-12(9)7-16-13-6-11(17-14(15)18-13)10-2-4-19-8-10/h3,5-6,10H,2,4,7-8H2,1H3,(H3,15,16,17,18)/t10-/m1/s1. The van der Waals surface area contributed by atoms with Gasteiger partial charge in [-0.3, -0.25) is 0 Å². The minimum absolute atomic E-state index is 0.319. The van der Waals surface area contributed by atoms with Gasteiger partial charge in [0.15, 0.2) is 0 Å². The number of hydrogen-bond donors (Lipinski definition) is 2. The number of nitrogen functional groups attached to an aromatic ring is 1. The maximum atomic E-state index is 5.81. The molecule has 0 aliphatic carbocycles. The van der Waals surface area contributed by atoms with Crippen molar-refractivity contribution in [2.75, 3.05) is 24.3 Å². The number of aryl methyl sites for hydroxylation is 1. The summed E-state index contributed by atoms with van der Waals surface area (Å²) >= 11 is 1.75. The van der Waals surface area contributed by atoms with Gasteiger partial charge in [0, 0.05) is 23.5 Å². The summed E-state index contributed by atoms with van der Waals surface area (Å²) in [6.07, 6.45) is 1.000. The van der Waals surface area contributed by atoms with Crippen molar-refractivity contribution >= 4 is 23.1 Å². The Bertz CT molecular complexity index is 593. The number of nitrogens with one attached hydrogen (secondary N) is 1. The van der Waals surface area contributed by atoms with Crippen molar-refractivity contribution in [2.24, 2.45) is 0 Å². The van der Waals surface area contributed by atoms with Crippen LogP contribution in [0.3, 0.4) is 0 Å². The topological polar surface area (TPSA) is 73.1 Å². The normalized spacial score (nSPS) is 18.4. The molecule has 0 bridgehead atoms. The van der Waals surface area contributed by atoms with E-state index in [1.54, 1.807) is 11.3 Å². The van der Waals surface area contributed by atoms with Crippen LogP contribution in [0.15, 0.2) is 17.5 Å². The smallest absolute Gasteiger partial charge is 0.222 e. The third kappa shape index (κ3) is 2.91. The SMILES string of the molecule is Cc1ccsc1CNc1cc([C@@H]2CCOC2)nc(N)n1. The van der Waals surface area contributed by atoms with Crippen LogP contribution in [0.2, 0.25) is 0 Å². The Labute approximate surface area is 122 Å². The fourth-order valence-corrected chi connectivity index (χ4v) is 3.15. The van der Waals surface area contributed by atoms with Gasteiger partial charge in [-0.1, -0.05) is 0 Å². The highest BCUT2D eigenvalue weighted by atomic mass is 32.1. The lowest BCUT2D eigenvalue weighted by atomic mass is 10.0. The largest absolute Gasteiger partial charge is 0.381 e. The fraction of sp³-hybridized carbons (Fsp3) is 0.429. The van der Waals surface area contributed by atoms with Crippen molar-refractivity contribution in [1.29, 1.82) is 0 Å². The highest BCUT2D eigenvalue weighted by molar-refractivity contribution is 7.10. The molecule has 1 saturated heterocycles. The zero-order chi connectivity index (χ0) is 13.9. The molecule has 1 fully saturated rings. The number of anilines is 2. The second kappa shape index (κ2) is 5.76. The third-order valence-corrected chi connectivity index (χ3v) is 4.53. The first-order valence-electron chi connectivity index (χ1n) is 6.71. The van der Waals surface area contributed by atoms with Gasteiger partial charge in [-0.15, -0.1) is 11.3 Å². The number of rotatable bonds is 4. The van der Waals surface area contributed by atoms with Crippen molar-refractivity contribution in [3.63, 3.8) is 0 Å². The predicted octanol–water partition coefficient (Wildman–Crippen LogP) is 2.54. The average molecular weight is 290 g/mol. The zero-order valence-corrected chi connectivity index (χ0v) is 12.2. The van der Waals surface area contributed by atoms with Crippen LogP contribution in [-0.2, 0) is 11.3 Å². The van der Waals surface area contributed by atoms with Crippen molar-refractivity contribution in [3.05, 3.63) is 33.6 Å². The number of thiophene rings is 1. The third-order valence-electron chi connectivity index (χ3n) is 3.51. The molecule has 1 aliphatic rings. The molecule has 0 unspecified atom stereocenters. The monoisotopic (exact) mass is 290 g/mol. The minimum Gasteiger partial charge on any atom is -0.381 e. The lowest BCUT2D eigenvalue weighted by Crippen LogP contribution is -2.09. The number of aromatic nitrogens is 2. The second-order valence-corrected chi connectivity index (χ2v) is 5.98. The van der Waals surface area contributed by atoms with Crippen LogP contribution in [0.5, 0.6) is 0 Å². The van der Waals surface area contributed by atoms with Crippen LogP contribution in [0.1, 0.15) is 28.5 Å². The van der Waals surface area contributed by atoms with Crippen molar-refractivity contribution in [3.8, 4) is 0 Å². The van der Waals surface area contributed by atoms with E-state index in [0.717, 1.165) is 37.7 Å². The van der Waals surface area contributed by atoms with Gasteiger partial charge in [0.1, 0.15) is 5.82 Å². The number of ether oxygens (including phenoxy) is 1. The second-order valence-electron chi connectivity index (χ2n) is 4.98. The molecule has 2 aromatic rings. The molecule has 3 heterocycles. The molecule has 0 spiro atoms. The lowest BCUT2D eigenvalue weighted by molar-refractivity contribution is 0.193. The molecule has 6 heteroatoms. The van der Waals surface area contributed by atoms with Crippen LogP contribution in [0.25, 0.3) is 0 Å². The summed E-state index contributed by atoms with van der Waals surface area (Å²) in [6.45, 7) is 4.40. The van der Waals surface area contributed by atoms with Gasteiger partial charge in [-0.2, -0.15) is 4.98 Å². The summed E-state index contributed by atoms with van der Waals surface area (Å²) in [6, 6.07) is 4.11. The molecule has 0 aromatic carbocycles. The highest BCUT2D eigenvalue weighted by Gasteiger charge is 2.20. The number of nitrogens with two attached hydrogens (primary N) is 1. The van der Waals surface area contributed by atoms with E-state index in [1.165, 1.54) is 10.4 Å². The van der Waals surface area contributed by atoms with Gasteiger partial charge >= 0.3 is 0 Å². The van der Waals surface area contributed by atoms with Gasteiger partial charge in [0.2, 0.25) is 5.95 Å². The first-order valence-corrected chi connectivity index (χ1v) is 7.59. The van der Waals surface area contributed by atoms with E-state index in [1.807, 2.05) is 6.07 Å². The molecule has 1 aliphatic heterocycles. The molecule has 106 valence electrons. The van der Waals surface area contributed by atoms with Crippen molar-refractivity contribution in [1.82, 2.24) is 9.97 Å². The first kappa shape index (κ1) is 13.3. The fourth-order valence-electron chi connectivity index (χ4n) is 2.31. The summed E-state index contributed by atoms with van der Waals surface area (Å²) in [5.74, 6) is 1.44. The molecule has 0 radical (unpaired) electrons. The Morgan fingerprint density at radius 2 is 2.40 bits per heavy atom. The van der Waals surface area contributed by atoms with Gasteiger partial charge < -0.3 is 15.8 Å². The highest BCUT2D eigenvalue weighted by Crippen LogP contribution is 2.26. The number of hydrogen-bond acceptors (Lipinski definition) is 6. The maximum Gasteiger partial charge on any atom is 0.222 e. The van der Waals surface area contributed by atoms with Gasteiger partial charge in [0.05, 0.1) is 18.8 Å². The van der Waals surface area contributed by atoms with Crippen LogP contribution in [0, 0.1) is 6.92 Å². The van der Waals surface area contributed by atoms with Gasteiger partial charge in [-0.05, 0) is 30.4 Å². The molecule has 0 amide bonds. The van der Waals surface area contributed by atoms with E-state index in [4.69, 9.17) is 10.5 Å². The Kier molecular flexibility index (Phi) is 3.84. The lowest BCUT2D eigenvalue weighted by Gasteiger charge is -2.11. The number of nitrogens with zero attached hydrogens (tertiary/aromatic N) is 2. The molecular weight excluding hydrogens is 272 g/mol. The minimum atomic E-state index is 0.319. The van der Waals surface area contributed by atoms with E-state index >= 15 is 0 Å². The van der Waals surface area contributed by atoms with E-state index in [9.17, 15) is 0 Å². The first-order chi connectivity index (χ1) is 9.72. The molecule has 3 N–H and O–H groups in total. The van der Waals surface area contributed by atoms with E-state index < -0.39 is 0 Å². The molecular formula is C14H18N4OS. The summed E-state index contributed by atoms with van der Waals surface area (Å²) in [5.41, 5.74) is 8.08. The summed E-state index contributed by atoms with van der Waals surface area (Å²) in [4.78, 5) is 9.89. The van der Waals surface area contributed by atoms with Crippen LogP contribution < -0.4 is 11.1 Å². The Hall–Kier alpha value is -1.66. The Morgan fingerprint density at radius 3 is 3.10 bits per heavy atom. The molecule has 20 heavy (non-hydrogen) atoms. The molecule has 0 saturated carbocycles. The predicted molar refractivity (Wildman–Crippen MR) is 81.0 cm³/mol.